The first kappa shape index (κ1) is 26.1. The Morgan fingerprint density at radius 3 is 2.06 bits per heavy atom. The van der Waals surface area contributed by atoms with Gasteiger partial charge in [0, 0.05) is 0 Å². The summed E-state index contributed by atoms with van der Waals surface area (Å²) in [6, 6.07) is 5.79. The van der Waals surface area contributed by atoms with Crippen LogP contribution in [-0.4, -0.2) is 64.7 Å². The molecule has 7 N–H and O–H groups in total. The van der Waals surface area contributed by atoms with Crippen LogP contribution in [0, 0.1) is 5.92 Å². The molecule has 0 aromatic heterocycles. The monoisotopic (exact) mass is 436 g/mol. The van der Waals surface area contributed by atoms with Crippen molar-refractivity contribution in [3.63, 3.8) is 0 Å². The lowest BCUT2D eigenvalue weighted by Crippen LogP contribution is -2.60. The van der Waals surface area contributed by atoms with Gasteiger partial charge in [-0.1, -0.05) is 50.6 Å². The van der Waals surface area contributed by atoms with Crippen molar-refractivity contribution in [2.24, 2.45) is 11.7 Å². The quantitative estimate of drug-likeness (QED) is 0.248. The van der Waals surface area contributed by atoms with E-state index in [1.54, 1.807) is 6.92 Å². The van der Waals surface area contributed by atoms with Crippen molar-refractivity contribution in [3.8, 4) is 0 Å². The zero-order chi connectivity index (χ0) is 23.6. The molecule has 172 valence electrons. The smallest absolute Gasteiger partial charge is 0.322 e. The third-order valence-corrected chi connectivity index (χ3v) is 4.90. The zero-order valence-corrected chi connectivity index (χ0v) is 18.0. The number of aliphatic hydroxyl groups is 1. The molecule has 0 radical (unpaired) electrons. The predicted molar refractivity (Wildman–Crippen MR) is 114 cm³/mol. The summed E-state index contributed by atoms with van der Waals surface area (Å²) in [7, 11) is 0. The number of nitrogens with one attached hydrogen (secondary N) is 3. The van der Waals surface area contributed by atoms with Gasteiger partial charge in [0.25, 0.3) is 0 Å². The number of aliphatic carboxylic acids is 1. The van der Waals surface area contributed by atoms with Crippen LogP contribution in [0.5, 0.6) is 0 Å². The predicted octanol–water partition coefficient (Wildman–Crippen LogP) is -0.846. The molecule has 5 atom stereocenters. The molecule has 10 nitrogen and oxygen atoms in total. The Bertz CT molecular complexity index is 755. The molecular weight excluding hydrogens is 404 g/mol. The maximum atomic E-state index is 12.8. The topological polar surface area (TPSA) is 171 Å². The number of carboxylic acid groups (broad SMARTS) is 1. The van der Waals surface area contributed by atoms with Crippen LogP contribution in [-0.2, 0) is 25.6 Å². The zero-order valence-electron chi connectivity index (χ0n) is 18.0. The molecule has 1 aromatic carbocycles. The molecule has 0 aliphatic rings. The summed E-state index contributed by atoms with van der Waals surface area (Å²) in [5.74, 6) is -3.60. The van der Waals surface area contributed by atoms with Gasteiger partial charge in [0.1, 0.15) is 18.6 Å². The number of carbonyl (C=O) groups is 4. The molecule has 5 unspecified atom stereocenters. The van der Waals surface area contributed by atoms with Gasteiger partial charge < -0.3 is 31.9 Å². The van der Waals surface area contributed by atoms with E-state index in [-0.39, 0.29) is 12.3 Å². The van der Waals surface area contributed by atoms with Gasteiger partial charge in [-0.05, 0) is 24.8 Å². The van der Waals surface area contributed by atoms with Gasteiger partial charge in [-0.3, -0.25) is 19.2 Å². The van der Waals surface area contributed by atoms with Crippen LogP contribution < -0.4 is 21.7 Å². The molecule has 0 bridgehead atoms. The Morgan fingerprint density at radius 2 is 1.55 bits per heavy atom. The summed E-state index contributed by atoms with van der Waals surface area (Å²) in [5, 5.41) is 26.0. The molecular formula is C21H32N4O6. The second-order valence-corrected chi connectivity index (χ2v) is 7.51. The van der Waals surface area contributed by atoms with Crippen LogP contribution in [0.2, 0.25) is 0 Å². The average molecular weight is 437 g/mol. The van der Waals surface area contributed by atoms with E-state index in [0.29, 0.717) is 6.42 Å². The van der Waals surface area contributed by atoms with Crippen LogP contribution in [0.4, 0.5) is 0 Å². The molecule has 0 heterocycles. The van der Waals surface area contributed by atoms with Gasteiger partial charge in [0.05, 0.1) is 12.1 Å². The highest BCUT2D eigenvalue weighted by Crippen LogP contribution is 2.09. The van der Waals surface area contributed by atoms with Gasteiger partial charge in [0.2, 0.25) is 17.7 Å². The molecule has 1 rings (SSSR count). The minimum absolute atomic E-state index is 0.244. The van der Waals surface area contributed by atoms with Crippen LogP contribution in [0.1, 0.15) is 32.8 Å². The maximum absolute atomic E-state index is 12.8. The van der Waals surface area contributed by atoms with E-state index >= 15 is 0 Å². The van der Waals surface area contributed by atoms with Crippen molar-refractivity contribution >= 4 is 23.7 Å². The van der Waals surface area contributed by atoms with E-state index in [9.17, 15) is 24.3 Å². The number of nitrogens with two attached hydrogens (primary N) is 1. The Hall–Kier alpha value is -2.98. The fourth-order valence-corrected chi connectivity index (χ4v) is 2.84. The molecule has 0 saturated heterocycles. The van der Waals surface area contributed by atoms with Crippen molar-refractivity contribution in [1.29, 1.82) is 0 Å². The third-order valence-electron chi connectivity index (χ3n) is 4.90. The first-order valence-corrected chi connectivity index (χ1v) is 10.1. The van der Waals surface area contributed by atoms with Gasteiger partial charge in [0.15, 0.2) is 0 Å². The summed E-state index contributed by atoms with van der Waals surface area (Å²) in [6.07, 6.45) is -0.486. The van der Waals surface area contributed by atoms with Crippen molar-refractivity contribution in [2.75, 3.05) is 6.54 Å². The van der Waals surface area contributed by atoms with Gasteiger partial charge >= 0.3 is 5.97 Å². The highest BCUT2D eigenvalue weighted by molar-refractivity contribution is 5.94. The molecule has 3 amide bonds. The number of hydrogen-bond donors (Lipinski definition) is 6. The third kappa shape index (κ3) is 8.73. The van der Waals surface area contributed by atoms with Gasteiger partial charge in [-0.25, -0.2) is 0 Å². The summed E-state index contributed by atoms with van der Waals surface area (Å²) in [4.78, 5) is 48.3. The molecule has 0 aliphatic carbocycles. The second-order valence-electron chi connectivity index (χ2n) is 7.51. The molecule has 31 heavy (non-hydrogen) atoms. The summed E-state index contributed by atoms with van der Waals surface area (Å²) in [6.45, 7) is 4.27. The standard InChI is InChI=1S/C21H32N4O6/c1-4-12(2)17(20(30)23-11-16(27)28)24-21(31)18(13(3)26)25-19(29)15(22)10-14-8-6-5-7-9-14/h5-9,12-13,15,17-18,26H,4,10-11,22H2,1-3H3,(H,23,30)(H,24,31)(H,25,29)(H,27,28). The minimum atomic E-state index is -1.34. The highest BCUT2D eigenvalue weighted by atomic mass is 16.4. The van der Waals surface area contributed by atoms with Crippen LogP contribution in [0.25, 0.3) is 0 Å². The van der Waals surface area contributed by atoms with E-state index < -0.39 is 54.5 Å². The molecule has 0 spiro atoms. The van der Waals surface area contributed by atoms with Crippen LogP contribution >= 0.6 is 0 Å². The number of hydrogen-bond acceptors (Lipinski definition) is 6. The Kier molecular flexibility index (Phi) is 10.6. The SMILES string of the molecule is CCC(C)C(NC(=O)C(NC(=O)C(N)Cc1ccccc1)C(C)O)C(=O)NCC(=O)O. The number of aliphatic hydroxyl groups excluding tert-OH is 1. The molecule has 1 aromatic rings. The fraction of sp³-hybridized carbons (Fsp3) is 0.524. The number of rotatable bonds is 12. The van der Waals surface area contributed by atoms with Crippen molar-refractivity contribution < 1.29 is 29.4 Å². The minimum Gasteiger partial charge on any atom is -0.480 e. The highest BCUT2D eigenvalue weighted by Gasteiger charge is 2.33. The Morgan fingerprint density at radius 1 is 0.968 bits per heavy atom. The number of carboxylic acids is 1. The maximum Gasteiger partial charge on any atom is 0.322 e. The summed E-state index contributed by atoms with van der Waals surface area (Å²) in [5.41, 5.74) is 6.78. The second kappa shape index (κ2) is 12.7. The van der Waals surface area contributed by atoms with E-state index in [0.717, 1.165) is 5.56 Å². The van der Waals surface area contributed by atoms with Crippen LogP contribution in [0.15, 0.2) is 30.3 Å². The molecule has 10 heteroatoms. The van der Waals surface area contributed by atoms with Crippen molar-refractivity contribution in [2.45, 2.75) is 57.8 Å². The number of benzene rings is 1. The summed E-state index contributed by atoms with van der Waals surface area (Å²) < 4.78 is 0. The van der Waals surface area contributed by atoms with E-state index in [1.807, 2.05) is 37.3 Å². The normalized spacial score (nSPS) is 15.6. The lowest BCUT2D eigenvalue weighted by Gasteiger charge is -2.28. The number of amides is 3. The first-order valence-electron chi connectivity index (χ1n) is 10.1. The van der Waals surface area contributed by atoms with Gasteiger partial charge in [-0.15, -0.1) is 0 Å². The average Bonchev–Trinajstić information content (AvgIpc) is 2.73. The van der Waals surface area contributed by atoms with Crippen molar-refractivity contribution in [3.05, 3.63) is 35.9 Å². The Labute approximate surface area is 181 Å². The van der Waals surface area contributed by atoms with Crippen LogP contribution in [0.3, 0.4) is 0 Å². The number of carbonyl (C=O) groups excluding carboxylic acids is 3. The molecule has 0 saturated carbocycles. The lowest BCUT2D eigenvalue weighted by atomic mass is 9.97. The van der Waals surface area contributed by atoms with E-state index in [4.69, 9.17) is 10.8 Å². The molecule has 0 aliphatic heterocycles. The summed E-state index contributed by atoms with van der Waals surface area (Å²) >= 11 is 0. The first-order chi connectivity index (χ1) is 14.6. The van der Waals surface area contributed by atoms with Crippen molar-refractivity contribution in [1.82, 2.24) is 16.0 Å². The lowest BCUT2D eigenvalue weighted by molar-refractivity contribution is -0.139. The molecule has 0 fully saturated rings. The van der Waals surface area contributed by atoms with Gasteiger partial charge in [-0.2, -0.15) is 0 Å². The largest absolute Gasteiger partial charge is 0.480 e. The fourth-order valence-electron chi connectivity index (χ4n) is 2.84. The van der Waals surface area contributed by atoms with E-state index in [1.165, 1.54) is 6.92 Å². The van der Waals surface area contributed by atoms with E-state index in [2.05, 4.69) is 16.0 Å². The Balaban J connectivity index is 2.84.